The summed E-state index contributed by atoms with van der Waals surface area (Å²) in [6.07, 6.45) is 5.16. The second-order valence-corrected chi connectivity index (χ2v) is 6.05. The number of nitrogens with zero attached hydrogens (tertiary/aromatic N) is 4. The van der Waals surface area contributed by atoms with E-state index in [0.29, 0.717) is 5.92 Å². The molecule has 1 amide bonds. The lowest BCUT2D eigenvalue weighted by Gasteiger charge is -2.34. The molecule has 2 heterocycles. The SMILES string of the molecule is CC(C)(C)OC(=O)N1CCC[C@@H](Cn2cncn2)C1. The van der Waals surface area contributed by atoms with Crippen molar-refractivity contribution in [1.29, 1.82) is 0 Å². The maximum Gasteiger partial charge on any atom is 0.410 e. The van der Waals surface area contributed by atoms with E-state index in [0.717, 1.165) is 32.5 Å². The zero-order chi connectivity index (χ0) is 13.9. The number of ether oxygens (including phenoxy) is 1. The Morgan fingerprint density at radius 1 is 1.47 bits per heavy atom. The molecule has 6 nitrogen and oxygen atoms in total. The Bertz CT molecular complexity index is 411. The normalized spacial score (nSPS) is 20.4. The highest BCUT2D eigenvalue weighted by Gasteiger charge is 2.27. The smallest absolute Gasteiger partial charge is 0.410 e. The van der Waals surface area contributed by atoms with Gasteiger partial charge in [-0.15, -0.1) is 0 Å². The van der Waals surface area contributed by atoms with Crippen molar-refractivity contribution in [3.63, 3.8) is 0 Å². The molecule has 0 radical (unpaired) electrons. The predicted molar refractivity (Wildman–Crippen MR) is 70.6 cm³/mol. The van der Waals surface area contributed by atoms with Crippen LogP contribution in [0.5, 0.6) is 0 Å². The van der Waals surface area contributed by atoms with E-state index in [-0.39, 0.29) is 6.09 Å². The molecule has 0 saturated carbocycles. The third kappa shape index (κ3) is 4.22. The minimum Gasteiger partial charge on any atom is -0.444 e. The van der Waals surface area contributed by atoms with Gasteiger partial charge in [0.15, 0.2) is 0 Å². The molecule has 0 aliphatic carbocycles. The van der Waals surface area contributed by atoms with Crippen LogP contribution in [0.15, 0.2) is 12.7 Å². The van der Waals surface area contributed by atoms with Crippen LogP contribution in [-0.4, -0.2) is 44.4 Å². The Balaban J connectivity index is 1.88. The molecule has 6 heteroatoms. The van der Waals surface area contributed by atoms with Gasteiger partial charge >= 0.3 is 6.09 Å². The Morgan fingerprint density at radius 2 is 2.26 bits per heavy atom. The first kappa shape index (κ1) is 13.8. The molecule has 0 spiro atoms. The zero-order valence-corrected chi connectivity index (χ0v) is 11.9. The molecular weight excluding hydrogens is 244 g/mol. The van der Waals surface area contributed by atoms with Crippen molar-refractivity contribution in [3.05, 3.63) is 12.7 Å². The van der Waals surface area contributed by atoms with E-state index in [4.69, 9.17) is 4.74 Å². The van der Waals surface area contributed by atoms with Gasteiger partial charge in [-0.3, -0.25) is 4.68 Å². The van der Waals surface area contributed by atoms with Gasteiger partial charge in [-0.25, -0.2) is 9.78 Å². The number of carbonyl (C=O) groups is 1. The number of aromatic nitrogens is 3. The molecule has 0 bridgehead atoms. The molecule has 1 aliphatic heterocycles. The lowest BCUT2D eigenvalue weighted by Crippen LogP contribution is -2.43. The molecule has 1 saturated heterocycles. The number of hydrogen-bond acceptors (Lipinski definition) is 4. The minimum atomic E-state index is -0.435. The molecule has 0 N–H and O–H groups in total. The van der Waals surface area contributed by atoms with Gasteiger partial charge in [0, 0.05) is 19.6 Å². The van der Waals surface area contributed by atoms with Gasteiger partial charge in [0.1, 0.15) is 18.3 Å². The zero-order valence-electron chi connectivity index (χ0n) is 11.9. The van der Waals surface area contributed by atoms with Crippen molar-refractivity contribution in [3.8, 4) is 0 Å². The number of hydrogen-bond donors (Lipinski definition) is 0. The molecule has 19 heavy (non-hydrogen) atoms. The van der Waals surface area contributed by atoms with E-state index in [9.17, 15) is 4.79 Å². The van der Waals surface area contributed by atoms with Crippen molar-refractivity contribution in [1.82, 2.24) is 19.7 Å². The van der Waals surface area contributed by atoms with Crippen LogP contribution in [0.1, 0.15) is 33.6 Å². The van der Waals surface area contributed by atoms with Crippen molar-refractivity contribution in [2.45, 2.75) is 45.8 Å². The minimum absolute atomic E-state index is 0.212. The molecule has 1 aliphatic rings. The van der Waals surface area contributed by atoms with Crippen LogP contribution in [-0.2, 0) is 11.3 Å². The topological polar surface area (TPSA) is 60.2 Å². The fourth-order valence-corrected chi connectivity index (χ4v) is 2.30. The molecule has 1 aromatic rings. The maximum absolute atomic E-state index is 12.0. The fourth-order valence-electron chi connectivity index (χ4n) is 2.30. The lowest BCUT2D eigenvalue weighted by atomic mass is 9.98. The van der Waals surface area contributed by atoms with Gasteiger partial charge in [0.25, 0.3) is 0 Å². The van der Waals surface area contributed by atoms with E-state index in [1.807, 2.05) is 25.5 Å². The first-order valence-corrected chi connectivity index (χ1v) is 6.74. The number of piperidine rings is 1. The summed E-state index contributed by atoms with van der Waals surface area (Å²) in [5, 5.41) is 4.11. The highest BCUT2D eigenvalue weighted by molar-refractivity contribution is 5.68. The van der Waals surface area contributed by atoms with E-state index in [2.05, 4.69) is 10.1 Å². The summed E-state index contributed by atoms with van der Waals surface area (Å²) < 4.78 is 7.24. The molecule has 2 rings (SSSR count). The fraction of sp³-hybridized carbons (Fsp3) is 0.769. The summed E-state index contributed by atoms with van der Waals surface area (Å²) in [5.74, 6) is 0.419. The van der Waals surface area contributed by atoms with Crippen LogP contribution in [0.3, 0.4) is 0 Å². The van der Waals surface area contributed by atoms with E-state index >= 15 is 0 Å². The molecular formula is C13H22N4O2. The number of amides is 1. The third-order valence-electron chi connectivity index (χ3n) is 3.08. The van der Waals surface area contributed by atoms with Gasteiger partial charge in [-0.1, -0.05) is 0 Å². The van der Waals surface area contributed by atoms with Crippen molar-refractivity contribution < 1.29 is 9.53 Å². The van der Waals surface area contributed by atoms with Crippen molar-refractivity contribution in [2.75, 3.05) is 13.1 Å². The predicted octanol–water partition coefficient (Wildman–Crippen LogP) is 1.93. The molecule has 0 unspecified atom stereocenters. The summed E-state index contributed by atoms with van der Waals surface area (Å²) >= 11 is 0. The molecule has 1 fully saturated rings. The van der Waals surface area contributed by atoms with Crippen LogP contribution in [0.25, 0.3) is 0 Å². The Labute approximate surface area is 113 Å². The van der Waals surface area contributed by atoms with Crippen molar-refractivity contribution >= 4 is 6.09 Å². The van der Waals surface area contributed by atoms with Crippen LogP contribution in [0.4, 0.5) is 4.79 Å². The van der Waals surface area contributed by atoms with E-state index in [1.165, 1.54) is 6.33 Å². The summed E-state index contributed by atoms with van der Waals surface area (Å²) in [5.41, 5.74) is -0.435. The molecule has 1 atom stereocenters. The van der Waals surface area contributed by atoms with Crippen LogP contribution in [0.2, 0.25) is 0 Å². The lowest BCUT2D eigenvalue weighted by molar-refractivity contribution is 0.0155. The summed E-state index contributed by atoms with van der Waals surface area (Å²) in [6.45, 7) is 7.99. The van der Waals surface area contributed by atoms with Gasteiger partial charge in [-0.2, -0.15) is 5.10 Å². The number of likely N-dealkylation sites (tertiary alicyclic amines) is 1. The van der Waals surface area contributed by atoms with Gasteiger partial charge in [0.05, 0.1) is 0 Å². The largest absolute Gasteiger partial charge is 0.444 e. The Kier molecular flexibility index (Phi) is 4.07. The monoisotopic (exact) mass is 266 g/mol. The summed E-state index contributed by atoms with van der Waals surface area (Å²) in [4.78, 5) is 17.8. The average Bonchev–Trinajstić information content (AvgIpc) is 2.80. The van der Waals surface area contributed by atoms with Crippen LogP contribution in [0, 0.1) is 5.92 Å². The van der Waals surface area contributed by atoms with Gasteiger partial charge in [0.2, 0.25) is 0 Å². The standard InChI is InChI=1S/C13H22N4O2/c1-13(2,3)19-12(18)16-6-4-5-11(7-16)8-17-10-14-9-15-17/h9-11H,4-8H2,1-3H3/t11-/m1/s1. The quantitative estimate of drug-likeness (QED) is 0.820. The van der Waals surface area contributed by atoms with Gasteiger partial charge < -0.3 is 9.64 Å². The van der Waals surface area contributed by atoms with Crippen molar-refractivity contribution in [2.24, 2.45) is 5.92 Å². The van der Waals surface area contributed by atoms with E-state index in [1.54, 1.807) is 11.2 Å². The maximum atomic E-state index is 12.0. The molecule has 1 aromatic heterocycles. The summed E-state index contributed by atoms with van der Waals surface area (Å²) in [7, 11) is 0. The van der Waals surface area contributed by atoms with Crippen LogP contribution < -0.4 is 0 Å². The van der Waals surface area contributed by atoms with Crippen LogP contribution >= 0.6 is 0 Å². The first-order valence-electron chi connectivity index (χ1n) is 6.74. The summed E-state index contributed by atoms with van der Waals surface area (Å²) in [6, 6.07) is 0. The molecule has 106 valence electrons. The third-order valence-corrected chi connectivity index (χ3v) is 3.08. The van der Waals surface area contributed by atoms with Gasteiger partial charge in [-0.05, 0) is 39.5 Å². The highest BCUT2D eigenvalue weighted by atomic mass is 16.6. The average molecular weight is 266 g/mol. The Hall–Kier alpha value is -1.59. The second-order valence-electron chi connectivity index (χ2n) is 6.05. The molecule has 0 aromatic carbocycles. The van der Waals surface area contributed by atoms with E-state index < -0.39 is 5.60 Å². The Morgan fingerprint density at radius 3 is 2.89 bits per heavy atom. The number of rotatable bonds is 2. The number of carbonyl (C=O) groups excluding carboxylic acids is 1. The first-order chi connectivity index (χ1) is 8.94. The highest BCUT2D eigenvalue weighted by Crippen LogP contribution is 2.20. The second kappa shape index (κ2) is 5.59.